The van der Waals surface area contributed by atoms with Gasteiger partial charge in [0.2, 0.25) is 23.1 Å². The number of halogens is 1. The second-order valence-corrected chi connectivity index (χ2v) is 31.1. The number of benzene rings is 1. The molecule has 4 heterocycles. The summed E-state index contributed by atoms with van der Waals surface area (Å²) in [7, 11) is 9.46. The molecule has 0 aromatic heterocycles. The highest BCUT2D eigenvalue weighted by atomic mass is 127. The Morgan fingerprint density at radius 1 is 0.864 bits per heavy atom. The first-order valence-corrected chi connectivity index (χ1v) is 38.2. The topological polar surface area (TPSA) is 404 Å². The van der Waals surface area contributed by atoms with E-state index in [1.165, 1.54) is 69.3 Å². The Kier molecular flexibility index (Phi) is 34.2. The number of carbonyl (C=O) groups is 5. The van der Waals surface area contributed by atoms with Crippen molar-refractivity contribution in [3.05, 3.63) is 49.6 Å². The highest BCUT2D eigenvalue weighted by Gasteiger charge is 2.52. The maximum absolute atomic E-state index is 14.6. The Labute approximate surface area is 626 Å². The lowest BCUT2D eigenvalue weighted by Crippen LogP contribution is -2.65. The number of nitrogens with zero attached hydrogens (tertiary/aromatic N) is 1. The smallest absolute Gasteiger partial charge is 0.310 e. The van der Waals surface area contributed by atoms with Crippen molar-refractivity contribution in [1.29, 1.82) is 0 Å². The van der Waals surface area contributed by atoms with Crippen LogP contribution >= 0.6 is 55.9 Å². The molecule has 4 saturated heterocycles. The number of amides is 1. The largest absolute Gasteiger partial charge is 0.492 e. The minimum atomic E-state index is -2.16. The van der Waals surface area contributed by atoms with E-state index in [-0.39, 0.29) is 95.8 Å². The molecule has 2 aliphatic carbocycles. The molecule has 0 saturated carbocycles. The number of ether oxygens (including phenoxy) is 14. The van der Waals surface area contributed by atoms with E-state index in [9.17, 15) is 49.5 Å². The average molecular weight is 1620 g/mol. The van der Waals surface area contributed by atoms with Crippen molar-refractivity contribution in [1.82, 2.24) is 15.8 Å². The minimum Gasteiger partial charge on any atom is -0.492 e. The van der Waals surface area contributed by atoms with Crippen LogP contribution in [0.15, 0.2) is 34.9 Å². The van der Waals surface area contributed by atoms with Gasteiger partial charge in [-0.25, -0.2) is 5.84 Å². The number of allylic oxidation sites excluding steroid dienone is 2. The van der Waals surface area contributed by atoms with Crippen LogP contribution in [-0.2, 0) is 76.1 Å². The lowest BCUT2D eigenvalue weighted by molar-refractivity contribution is -0.337. The molecule has 4 aliphatic heterocycles. The van der Waals surface area contributed by atoms with Crippen molar-refractivity contribution in [3.8, 4) is 40.9 Å². The standard InChI is InChI=1S/C69H100IN5O25S3/c1-13-75(34-40(76)19-18-24-91-26-27-92-25-23-71)43-35-93-50(31-47(43)86-8)98-62-57(82)55(37(3)95-67(62)97-46-20-16-14-15-17-22-69(85)32-45(78)41(29-49(80)87-9)53(46)42(69)21-28-101-103-68(6,7)33-48(79)73-72)74-100-51-30-44(77)64(39(5)94-51)102-65(84)52-36(2)54(70)60(63(90-12)59(52)88-10)99-66-58(83)61(89-11)56(81)38(4)96-66/h14-15,21,37-39,43-44,46-47,50-51,55-58,61-62,64,66-67,74,77,81-83,85H,13,18-19,23-35,71-72H2,1-12H3,(H,73,79)/b15-14-,42-21+/t37-,38+,39-,43+,44+,46+,47+,50+,51+,55-,56+,57+,58-,61-,62-,64-,66+,67+,69+/m1/s1. The first-order chi connectivity index (χ1) is 49.1. The normalized spacial score (nSPS) is 31.7. The highest BCUT2D eigenvalue weighted by Crippen LogP contribution is 2.50. The van der Waals surface area contributed by atoms with Crippen molar-refractivity contribution >= 4 is 84.5 Å². The Bertz CT molecular complexity index is 3280. The van der Waals surface area contributed by atoms with E-state index in [2.05, 4.69) is 34.6 Å². The molecule has 30 nitrogen and oxygen atoms in total. The van der Waals surface area contributed by atoms with Crippen LogP contribution in [0.4, 0.5) is 0 Å². The van der Waals surface area contributed by atoms with Gasteiger partial charge >= 0.3 is 5.97 Å². The lowest BCUT2D eigenvalue weighted by atomic mass is 9.72. The van der Waals surface area contributed by atoms with Crippen LogP contribution in [0.25, 0.3) is 0 Å². The minimum absolute atomic E-state index is 0.00277. The quantitative estimate of drug-likeness (QED) is 0.00680. The van der Waals surface area contributed by atoms with Crippen molar-refractivity contribution in [2.75, 3.05) is 94.0 Å². The summed E-state index contributed by atoms with van der Waals surface area (Å²) in [5.41, 5.74) is 8.91. The Morgan fingerprint density at radius 3 is 2.23 bits per heavy atom. The lowest BCUT2D eigenvalue weighted by Gasteiger charge is -2.47. The summed E-state index contributed by atoms with van der Waals surface area (Å²) in [5.74, 6) is 15.4. The molecular weight excluding hydrogens is 1520 g/mol. The summed E-state index contributed by atoms with van der Waals surface area (Å²) < 4.78 is 84.2. The number of carbonyl (C=O) groups excluding carboxylic acids is 5. The maximum Gasteiger partial charge on any atom is 0.310 e. The summed E-state index contributed by atoms with van der Waals surface area (Å²) in [6.45, 7) is 14.8. The molecule has 1 aromatic carbocycles. The molecular formula is C69H100IN5O25S3. The van der Waals surface area contributed by atoms with Gasteiger partial charge in [0, 0.05) is 80.3 Å². The molecule has 103 heavy (non-hydrogen) atoms. The third-order valence-electron chi connectivity index (χ3n) is 18.1. The monoisotopic (exact) mass is 1620 g/mol. The fourth-order valence-electron chi connectivity index (χ4n) is 12.7. The zero-order valence-corrected chi connectivity index (χ0v) is 64.7. The molecule has 1 aromatic rings. The van der Waals surface area contributed by atoms with Gasteiger partial charge < -0.3 is 97.6 Å². The fraction of sp³-hybridized carbons (Fsp3) is 0.696. The van der Waals surface area contributed by atoms with Crippen LogP contribution < -0.4 is 36.7 Å². The molecule has 1 amide bonds. The molecule has 6 aliphatic rings. The molecule has 0 unspecified atom stereocenters. The van der Waals surface area contributed by atoms with Gasteiger partial charge in [0.1, 0.15) is 42.4 Å². The zero-order valence-electron chi connectivity index (χ0n) is 60.0. The van der Waals surface area contributed by atoms with Gasteiger partial charge in [-0.2, -0.15) is 5.48 Å². The van der Waals surface area contributed by atoms with Crippen molar-refractivity contribution in [2.24, 2.45) is 11.6 Å². The third kappa shape index (κ3) is 22.5. The summed E-state index contributed by atoms with van der Waals surface area (Å²) in [6.07, 6.45) is -14.0. The molecule has 4 fully saturated rings. The van der Waals surface area contributed by atoms with Gasteiger partial charge in [-0.15, -0.1) is 0 Å². The van der Waals surface area contributed by atoms with E-state index >= 15 is 0 Å². The predicted octanol–water partition coefficient (Wildman–Crippen LogP) is 2.38. The molecule has 0 radical (unpaired) electrons. The number of aliphatic hydroxyl groups is 5. The number of hydrogen-bond donors (Lipinski definition) is 9. The number of aliphatic hydroxyl groups excluding tert-OH is 4. The second kappa shape index (κ2) is 40.9. The van der Waals surface area contributed by atoms with Crippen LogP contribution in [-0.4, -0.2) is 273 Å². The van der Waals surface area contributed by atoms with Crippen LogP contribution in [0.2, 0.25) is 0 Å². The molecule has 0 spiro atoms. The Balaban J connectivity index is 1.15. The number of hydroxylamine groups is 1. The molecule has 2 bridgehead atoms. The first kappa shape index (κ1) is 86.1. The number of Topliss-reactive ketones (excluding diaryl/α,β-unsaturated/α-hetero) is 2. The van der Waals surface area contributed by atoms with Gasteiger partial charge in [-0.05, 0) is 94.8 Å². The Morgan fingerprint density at radius 2 is 1.57 bits per heavy atom. The fourth-order valence-corrected chi connectivity index (χ4v) is 16.8. The highest BCUT2D eigenvalue weighted by molar-refractivity contribution is 14.1. The summed E-state index contributed by atoms with van der Waals surface area (Å²) in [5, 5.41) is 57.7. The van der Waals surface area contributed by atoms with E-state index in [0.717, 1.165) is 11.8 Å². The number of esters is 1. The van der Waals surface area contributed by atoms with Gasteiger partial charge in [0.25, 0.3) is 0 Å². The summed E-state index contributed by atoms with van der Waals surface area (Å²) in [4.78, 5) is 76.3. The summed E-state index contributed by atoms with van der Waals surface area (Å²) in [6, 6.07) is -1.60. The van der Waals surface area contributed by atoms with E-state index in [1.807, 2.05) is 48.3 Å². The van der Waals surface area contributed by atoms with Gasteiger partial charge in [-0.3, -0.25) is 39.1 Å². The van der Waals surface area contributed by atoms with E-state index < -0.39 is 150 Å². The van der Waals surface area contributed by atoms with Gasteiger partial charge in [-0.1, -0.05) is 70.0 Å². The SMILES string of the molecule is CCN(CC(=O)CCCOCCOCCN)[C@H]1CO[C@@H](O[C@H]2[C@H](O[C@H]3C#C/C=C\C#C[C@]4(O)CC(=O)C(CC(=O)OC)=C3/C4=C\CSSC(C)(C)CC(=O)NN)O[C@H](C)[C@@H](NO[C@H]3C[C@H](O)[C@H](SC(=O)c4c(C)c(I)c(O[C@@H]5O[C@@H](C)[C@H](O)[C@@H](OC)[C@H]5O)c(OC)c4OC)[C@@H](C)O3)[C@@H]2O)C[C@@H]1OC. The molecule has 576 valence electrons. The first-order valence-electron chi connectivity index (χ1n) is 33.9. The number of nitrogens with one attached hydrogen (secondary N) is 2. The van der Waals surface area contributed by atoms with Crippen molar-refractivity contribution in [2.45, 2.75) is 213 Å². The predicted molar refractivity (Wildman–Crippen MR) is 387 cm³/mol. The average Bonchev–Trinajstić information content (AvgIpc) is 0.755. The maximum atomic E-state index is 14.6. The van der Waals surface area contributed by atoms with Crippen molar-refractivity contribution in [3.63, 3.8) is 0 Å². The molecule has 34 heteroatoms. The number of nitrogens with two attached hydrogens (primary N) is 2. The number of thioether (sulfide) groups is 1. The third-order valence-corrected chi connectivity index (χ3v) is 23.9. The van der Waals surface area contributed by atoms with Gasteiger partial charge in [0.05, 0.1) is 124 Å². The molecule has 19 atom stereocenters. The van der Waals surface area contributed by atoms with Gasteiger partial charge in [0.15, 0.2) is 41.8 Å². The number of methoxy groups -OCH3 is 5. The zero-order chi connectivity index (χ0) is 75.5. The molecule has 7 rings (SSSR count). The van der Waals surface area contributed by atoms with Crippen molar-refractivity contribution < 1.29 is 121 Å². The Hall–Kier alpha value is -4.11. The number of hydrogen-bond acceptors (Lipinski definition) is 32. The van der Waals surface area contributed by atoms with Crippen LogP contribution in [0, 0.1) is 34.2 Å². The molecule has 11 N–H and O–H groups in total. The number of hydrazine groups is 1. The van der Waals surface area contributed by atoms with E-state index in [1.54, 1.807) is 33.8 Å². The van der Waals surface area contributed by atoms with E-state index in [0.29, 0.717) is 55.1 Å². The van der Waals surface area contributed by atoms with E-state index in [4.69, 9.17) is 82.7 Å². The number of fused-ring (bicyclic) bond motifs is 2. The van der Waals surface area contributed by atoms with Crippen LogP contribution in [0.5, 0.6) is 17.2 Å². The summed E-state index contributed by atoms with van der Waals surface area (Å²) >= 11 is 2.79. The second-order valence-electron chi connectivity index (χ2n) is 25.8. The van der Waals surface area contributed by atoms with Crippen LogP contribution in [0.1, 0.15) is 102 Å². The number of ketones is 2. The number of rotatable bonds is 36. The number of likely N-dealkylation sites (N-methyl/N-ethyl adjacent to an activating group) is 1. The van der Waals surface area contributed by atoms with Crippen LogP contribution in [0.3, 0.4) is 0 Å².